The van der Waals surface area contributed by atoms with Gasteiger partial charge in [0.15, 0.2) is 9.84 Å². The molecule has 2 rings (SSSR count). The number of amides is 1. The summed E-state index contributed by atoms with van der Waals surface area (Å²) in [5, 5.41) is 1.88. The molecule has 0 radical (unpaired) electrons. The number of terminal acetylenes is 1. The predicted molar refractivity (Wildman–Crippen MR) is 80.6 cm³/mol. The molecule has 4 nitrogen and oxygen atoms in total. The average molecular weight is 311 g/mol. The fraction of sp³-hybridized carbons (Fsp3) is 0.500. The van der Waals surface area contributed by atoms with Gasteiger partial charge in [-0.25, -0.2) is 8.42 Å². The van der Waals surface area contributed by atoms with Gasteiger partial charge in [0.1, 0.15) is 0 Å². The van der Waals surface area contributed by atoms with E-state index >= 15 is 0 Å². The second-order valence-electron chi connectivity index (χ2n) is 4.82. The number of hydrogen-bond acceptors (Lipinski definition) is 4. The van der Waals surface area contributed by atoms with Crippen LogP contribution in [0.4, 0.5) is 0 Å². The summed E-state index contributed by atoms with van der Waals surface area (Å²) in [6.45, 7) is 2.14. The number of hydrogen-bond donors (Lipinski definition) is 0. The molecule has 1 unspecified atom stereocenters. The molecule has 6 heteroatoms. The van der Waals surface area contributed by atoms with Crippen LogP contribution in [0.15, 0.2) is 11.4 Å². The number of rotatable bonds is 4. The molecule has 1 aromatic heterocycles. The maximum Gasteiger partial charge on any atom is 0.265 e. The molecule has 2 heterocycles. The van der Waals surface area contributed by atoms with E-state index in [-0.39, 0.29) is 30.0 Å². The highest BCUT2D eigenvalue weighted by molar-refractivity contribution is 7.91. The van der Waals surface area contributed by atoms with Crippen molar-refractivity contribution in [3.8, 4) is 12.3 Å². The van der Waals surface area contributed by atoms with Crippen LogP contribution in [0.3, 0.4) is 0 Å². The quantitative estimate of drug-likeness (QED) is 0.793. The zero-order valence-corrected chi connectivity index (χ0v) is 13.0. The van der Waals surface area contributed by atoms with Gasteiger partial charge in [-0.3, -0.25) is 4.79 Å². The molecule has 1 fully saturated rings. The number of nitrogens with zero attached hydrogens (tertiary/aromatic N) is 1. The van der Waals surface area contributed by atoms with Crippen LogP contribution < -0.4 is 0 Å². The molecule has 108 valence electrons. The third kappa shape index (κ3) is 3.05. The highest BCUT2D eigenvalue weighted by atomic mass is 32.2. The molecule has 0 bridgehead atoms. The van der Waals surface area contributed by atoms with E-state index in [1.165, 1.54) is 16.2 Å². The van der Waals surface area contributed by atoms with Crippen molar-refractivity contribution in [3.63, 3.8) is 0 Å². The molecule has 1 aromatic rings. The SMILES string of the molecule is C#CCN(C(=O)c1sccc1CC)C1CCS(=O)(=O)C1. The monoisotopic (exact) mass is 311 g/mol. The Labute approximate surface area is 123 Å². The standard InChI is InChI=1S/C14H17NO3S2/c1-3-7-15(12-6-9-20(17,18)10-12)14(16)13-11(4-2)5-8-19-13/h1,5,8,12H,4,6-7,9-10H2,2H3. The van der Waals surface area contributed by atoms with Gasteiger partial charge < -0.3 is 4.90 Å². The van der Waals surface area contributed by atoms with E-state index in [1.54, 1.807) is 0 Å². The van der Waals surface area contributed by atoms with Crippen LogP contribution in [0.25, 0.3) is 0 Å². The summed E-state index contributed by atoms with van der Waals surface area (Å²) in [5.74, 6) is 2.48. The van der Waals surface area contributed by atoms with Crippen molar-refractivity contribution >= 4 is 27.1 Å². The van der Waals surface area contributed by atoms with Crippen molar-refractivity contribution in [1.29, 1.82) is 0 Å². The van der Waals surface area contributed by atoms with E-state index in [4.69, 9.17) is 6.42 Å². The Bertz CT molecular complexity index is 640. The summed E-state index contributed by atoms with van der Waals surface area (Å²) in [7, 11) is -3.04. The molecule has 0 aromatic carbocycles. The predicted octanol–water partition coefficient (Wildman–Crippen LogP) is 1.57. The number of carbonyl (C=O) groups is 1. The molecule has 1 saturated heterocycles. The smallest absolute Gasteiger partial charge is 0.265 e. The van der Waals surface area contributed by atoms with Gasteiger partial charge in [-0.1, -0.05) is 12.8 Å². The number of aryl methyl sites for hydroxylation is 1. The third-order valence-corrected chi connectivity index (χ3v) is 6.19. The summed E-state index contributed by atoms with van der Waals surface area (Å²) >= 11 is 1.39. The Hall–Kier alpha value is -1.32. The first-order chi connectivity index (χ1) is 9.48. The number of carbonyl (C=O) groups excluding carboxylic acids is 1. The summed E-state index contributed by atoms with van der Waals surface area (Å²) in [4.78, 5) is 14.8. The summed E-state index contributed by atoms with van der Waals surface area (Å²) in [5.41, 5.74) is 0.989. The van der Waals surface area contributed by atoms with Crippen molar-refractivity contribution in [2.45, 2.75) is 25.8 Å². The van der Waals surface area contributed by atoms with Crippen LogP contribution in [0.5, 0.6) is 0 Å². The molecule has 0 saturated carbocycles. The molecular formula is C14H17NO3S2. The summed E-state index contributed by atoms with van der Waals surface area (Å²) < 4.78 is 23.2. The van der Waals surface area contributed by atoms with E-state index in [0.29, 0.717) is 11.3 Å². The molecule has 0 aliphatic carbocycles. The lowest BCUT2D eigenvalue weighted by atomic mass is 10.1. The van der Waals surface area contributed by atoms with E-state index in [0.717, 1.165) is 12.0 Å². The van der Waals surface area contributed by atoms with E-state index < -0.39 is 9.84 Å². The summed E-state index contributed by atoms with van der Waals surface area (Å²) in [6, 6.07) is 1.63. The van der Waals surface area contributed by atoms with Gasteiger partial charge in [-0.2, -0.15) is 0 Å². The zero-order chi connectivity index (χ0) is 14.8. The Morgan fingerprint density at radius 3 is 2.90 bits per heavy atom. The Balaban J connectivity index is 2.26. The van der Waals surface area contributed by atoms with Gasteiger partial charge in [0.25, 0.3) is 5.91 Å². The van der Waals surface area contributed by atoms with Crippen LogP contribution in [0.2, 0.25) is 0 Å². The molecule has 1 aliphatic heterocycles. The molecule has 20 heavy (non-hydrogen) atoms. The molecule has 1 atom stereocenters. The Kier molecular flexibility index (Phi) is 4.51. The van der Waals surface area contributed by atoms with Crippen LogP contribution >= 0.6 is 11.3 Å². The van der Waals surface area contributed by atoms with Crippen molar-refractivity contribution in [3.05, 3.63) is 21.9 Å². The number of sulfone groups is 1. The lowest BCUT2D eigenvalue weighted by Gasteiger charge is -2.26. The van der Waals surface area contributed by atoms with Gasteiger partial charge in [0.2, 0.25) is 0 Å². The fourth-order valence-corrected chi connectivity index (χ4v) is 5.10. The van der Waals surface area contributed by atoms with E-state index in [1.807, 2.05) is 18.4 Å². The minimum absolute atomic E-state index is 0.0211. The molecule has 1 amide bonds. The molecule has 0 spiro atoms. The van der Waals surface area contributed by atoms with Gasteiger partial charge in [0, 0.05) is 6.04 Å². The Morgan fingerprint density at radius 2 is 2.35 bits per heavy atom. The highest BCUT2D eigenvalue weighted by Gasteiger charge is 2.35. The minimum Gasteiger partial charge on any atom is -0.323 e. The second-order valence-corrected chi connectivity index (χ2v) is 7.97. The zero-order valence-electron chi connectivity index (χ0n) is 11.3. The maximum atomic E-state index is 12.6. The first-order valence-electron chi connectivity index (χ1n) is 6.49. The summed E-state index contributed by atoms with van der Waals surface area (Å²) in [6.07, 6.45) is 6.59. The van der Waals surface area contributed by atoms with Crippen molar-refractivity contribution < 1.29 is 13.2 Å². The van der Waals surface area contributed by atoms with Crippen molar-refractivity contribution in [1.82, 2.24) is 4.90 Å². The van der Waals surface area contributed by atoms with Crippen molar-refractivity contribution in [2.75, 3.05) is 18.1 Å². The van der Waals surface area contributed by atoms with Crippen molar-refractivity contribution in [2.24, 2.45) is 0 Å². The average Bonchev–Trinajstić information content (AvgIpc) is 3.01. The highest BCUT2D eigenvalue weighted by Crippen LogP contribution is 2.24. The van der Waals surface area contributed by atoms with E-state index in [9.17, 15) is 13.2 Å². The molecule has 0 N–H and O–H groups in total. The molecule has 1 aliphatic rings. The maximum absolute atomic E-state index is 12.6. The van der Waals surface area contributed by atoms with Crippen LogP contribution in [0, 0.1) is 12.3 Å². The minimum atomic E-state index is -3.04. The second kappa shape index (κ2) is 5.98. The number of thiophene rings is 1. The normalized spacial score (nSPS) is 20.5. The lowest BCUT2D eigenvalue weighted by molar-refractivity contribution is 0.0728. The van der Waals surface area contributed by atoms with Gasteiger partial charge in [0.05, 0.1) is 22.9 Å². The van der Waals surface area contributed by atoms with Crippen LogP contribution in [0.1, 0.15) is 28.6 Å². The first-order valence-corrected chi connectivity index (χ1v) is 9.20. The van der Waals surface area contributed by atoms with Gasteiger partial charge in [-0.05, 0) is 29.9 Å². The topological polar surface area (TPSA) is 54.5 Å². The van der Waals surface area contributed by atoms with Gasteiger partial charge in [-0.15, -0.1) is 17.8 Å². The van der Waals surface area contributed by atoms with Gasteiger partial charge >= 0.3 is 0 Å². The lowest BCUT2D eigenvalue weighted by Crippen LogP contribution is -2.41. The van der Waals surface area contributed by atoms with Crippen LogP contribution in [-0.2, 0) is 16.3 Å². The Morgan fingerprint density at radius 1 is 1.60 bits per heavy atom. The molecular weight excluding hydrogens is 294 g/mol. The third-order valence-electron chi connectivity index (χ3n) is 3.49. The van der Waals surface area contributed by atoms with E-state index in [2.05, 4.69) is 5.92 Å². The van der Waals surface area contributed by atoms with Crippen LogP contribution in [-0.4, -0.2) is 43.3 Å². The first kappa shape index (κ1) is 15.1. The largest absolute Gasteiger partial charge is 0.323 e. The fourth-order valence-electron chi connectivity index (χ4n) is 2.42.